The molecule has 3 rings (SSSR count). The summed E-state index contributed by atoms with van der Waals surface area (Å²) in [6.07, 6.45) is 1.19. The summed E-state index contributed by atoms with van der Waals surface area (Å²) >= 11 is 0. The SMILES string of the molecule is Cc1ccc2oc(N)c(/C=N/n3c(C)cc(C)c(C#N)c3=O)c(=O)c2c1. The number of benzene rings is 1. The van der Waals surface area contributed by atoms with E-state index in [9.17, 15) is 9.59 Å². The predicted molar refractivity (Wildman–Crippen MR) is 99.5 cm³/mol. The third-order valence-corrected chi connectivity index (χ3v) is 4.08. The molecule has 0 aliphatic rings. The summed E-state index contributed by atoms with van der Waals surface area (Å²) in [4.78, 5) is 25.1. The molecule has 3 aromatic rings. The lowest BCUT2D eigenvalue weighted by molar-refractivity contribution is 0.623. The molecule has 0 aliphatic heterocycles. The van der Waals surface area contributed by atoms with Crippen LogP contribution in [0.1, 0.15) is 27.9 Å². The van der Waals surface area contributed by atoms with E-state index in [-0.39, 0.29) is 22.4 Å². The minimum absolute atomic E-state index is 0.00175. The lowest BCUT2D eigenvalue weighted by atomic mass is 10.1. The largest absolute Gasteiger partial charge is 0.440 e. The van der Waals surface area contributed by atoms with Crippen molar-refractivity contribution in [3.05, 3.63) is 72.8 Å². The molecule has 0 saturated heterocycles. The summed E-state index contributed by atoms with van der Waals surface area (Å²) < 4.78 is 6.55. The summed E-state index contributed by atoms with van der Waals surface area (Å²) in [5.74, 6) is -0.0894. The van der Waals surface area contributed by atoms with Gasteiger partial charge in [0, 0.05) is 5.69 Å². The van der Waals surface area contributed by atoms with Gasteiger partial charge in [0.2, 0.25) is 11.3 Å². The van der Waals surface area contributed by atoms with Crippen molar-refractivity contribution in [2.45, 2.75) is 20.8 Å². The fourth-order valence-electron chi connectivity index (χ4n) is 2.74. The summed E-state index contributed by atoms with van der Waals surface area (Å²) in [5, 5.41) is 13.6. The van der Waals surface area contributed by atoms with Crippen molar-refractivity contribution in [3.8, 4) is 6.07 Å². The Labute approximate surface area is 148 Å². The number of nitriles is 1. The zero-order chi connectivity index (χ0) is 19.0. The lowest BCUT2D eigenvalue weighted by Gasteiger charge is -2.07. The average Bonchev–Trinajstić information content (AvgIpc) is 2.58. The Balaban J connectivity index is 2.21. The Morgan fingerprint density at radius 3 is 2.65 bits per heavy atom. The molecule has 0 bridgehead atoms. The zero-order valence-corrected chi connectivity index (χ0v) is 14.5. The van der Waals surface area contributed by atoms with Crippen molar-refractivity contribution in [2.75, 3.05) is 5.73 Å². The minimum Gasteiger partial charge on any atom is -0.440 e. The lowest BCUT2D eigenvalue weighted by Crippen LogP contribution is -2.23. The molecule has 130 valence electrons. The summed E-state index contributed by atoms with van der Waals surface area (Å²) in [7, 11) is 0. The molecule has 2 aromatic heterocycles. The molecule has 26 heavy (non-hydrogen) atoms. The van der Waals surface area contributed by atoms with Crippen molar-refractivity contribution in [1.29, 1.82) is 5.26 Å². The van der Waals surface area contributed by atoms with Crippen molar-refractivity contribution >= 4 is 23.1 Å². The number of hydrogen-bond donors (Lipinski definition) is 1. The molecule has 2 heterocycles. The highest BCUT2D eigenvalue weighted by Gasteiger charge is 2.12. The number of nitrogens with zero attached hydrogens (tertiary/aromatic N) is 3. The summed E-state index contributed by atoms with van der Waals surface area (Å²) in [6, 6.07) is 8.74. The first-order valence-corrected chi connectivity index (χ1v) is 7.84. The monoisotopic (exact) mass is 348 g/mol. The van der Waals surface area contributed by atoms with Gasteiger partial charge in [-0.3, -0.25) is 9.59 Å². The van der Waals surface area contributed by atoms with Gasteiger partial charge in [-0.25, -0.2) is 4.68 Å². The van der Waals surface area contributed by atoms with Crippen LogP contribution in [0.5, 0.6) is 0 Å². The fraction of sp³-hybridized carbons (Fsp3) is 0.158. The van der Waals surface area contributed by atoms with Crippen LogP contribution in [0.2, 0.25) is 0 Å². The van der Waals surface area contributed by atoms with E-state index in [1.54, 1.807) is 32.0 Å². The Bertz CT molecular complexity index is 1230. The highest BCUT2D eigenvalue weighted by molar-refractivity contribution is 5.91. The number of pyridine rings is 1. The summed E-state index contributed by atoms with van der Waals surface area (Å²) in [6.45, 7) is 5.23. The van der Waals surface area contributed by atoms with Crippen LogP contribution in [0.25, 0.3) is 11.0 Å². The molecule has 0 fully saturated rings. The molecule has 0 aliphatic carbocycles. The molecule has 0 spiro atoms. The van der Waals surface area contributed by atoms with Gasteiger partial charge in [0.15, 0.2) is 0 Å². The van der Waals surface area contributed by atoms with Gasteiger partial charge < -0.3 is 10.2 Å². The Morgan fingerprint density at radius 2 is 1.96 bits per heavy atom. The van der Waals surface area contributed by atoms with Crippen LogP contribution in [-0.4, -0.2) is 10.9 Å². The number of rotatable bonds is 2. The molecule has 7 heteroatoms. The van der Waals surface area contributed by atoms with E-state index >= 15 is 0 Å². The molecule has 2 N–H and O–H groups in total. The molecule has 0 amide bonds. The zero-order valence-electron chi connectivity index (χ0n) is 14.5. The number of hydrogen-bond acceptors (Lipinski definition) is 6. The van der Waals surface area contributed by atoms with Crippen molar-refractivity contribution in [1.82, 2.24) is 4.68 Å². The normalized spacial score (nSPS) is 11.2. The van der Waals surface area contributed by atoms with E-state index in [2.05, 4.69) is 5.10 Å². The van der Waals surface area contributed by atoms with Crippen LogP contribution >= 0.6 is 0 Å². The first kappa shape index (κ1) is 17.2. The van der Waals surface area contributed by atoms with Crippen molar-refractivity contribution < 1.29 is 4.42 Å². The Kier molecular flexibility index (Phi) is 4.18. The maximum atomic E-state index is 12.7. The third-order valence-electron chi connectivity index (χ3n) is 4.08. The third kappa shape index (κ3) is 2.78. The Hall–Kier alpha value is -3.66. The number of nitrogens with two attached hydrogens (primary N) is 1. The van der Waals surface area contributed by atoms with Crippen molar-refractivity contribution in [3.63, 3.8) is 0 Å². The van der Waals surface area contributed by atoms with E-state index in [4.69, 9.17) is 15.4 Å². The summed E-state index contributed by atoms with van der Waals surface area (Å²) in [5.41, 5.74) is 7.39. The maximum Gasteiger partial charge on any atom is 0.289 e. The topological polar surface area (TPSA) is 114 Å². The first-order valence-electron chi connectivity index (χ1n) is 7.84. The fourth-order valence-corrected chi connectivity index (χ4v) is 2.74. The highest BCUT2D eigenvalue weighted by Crippen LogP contribution is 2.17. The second-order valence-corrected chi connectivity index (χ2v) is 6.03. The molecule has 0 saturated carbocycles. The maximum absolute atomic E-state index is 12.7. The van der Waals surface area contributed by atoms with Gasteiger partial charge in [-0.15, -0.1) is 0 Å². The van der Waals surface area contributed by atoms with E-state index in [1.165, 1.54) is 6.21 Å². The second kappa shape index (κ2) is 6.33. The second-order valence-electron chi connectivity index (χ2n) is 6.03. The minimum atomic E-state index is -0.555. The molecular formula is C19H16N4O3. The standard InChI is InChI=1S/C19H16N4O3/c1-10-4-5-16-13(6-10)17(24)15(18(21)26-16)9-22-23-12(3)7-11(2)14(8-20)19(23)25/h4-7,9H,21H2,1-3H3/b22-9+. The van der Waals surface area contributed by atoms with E-state index in [1.807, 2.05) is 19.1 Å². The molecular weight excluding hydrogens is 332 g/mol. The number of anilines is 1. The first-order chi connectivity index (χ1) is 12.3. The van der Waals surface area contributed by atoms with Crippen molar-refractivity contribution in [2.24, 2.45) is 5.10 Å². The highest BCUT2D eigenvalue weighted by atomic mass is 16.3. The quantitative estimate of drug-likeness (QED) is 0.713. The van der Waals surface area contributed by atoms with Crippen LogP contribution < -0.4 is 16.7 Å². The molecule has 0 unspecified atom stereocenters. The van der Waals surface area contributed by atoms with Gasteiger partial charge in [0.25, 0.3) is 5.56 Å². The Morgan fingerprint density at radius 1 is 1.23 bits per heavy atom. The van der Waals surface area contributed by atoms with Gasteiger partial charge in [-0.05, 0) is 44.5 Å². The number of aryl methyl sites for hydroxylation is 3. The molecule has 1 aromatic carbocycles. The van der Waals surface area contributed by atoms with Gasteiger partial charge in [-0.1, -0.05) is 11.6 Å². The van der Waals surface area contributed by atoms with E-state index in [0.29, 0.717) is 22.2 Å². The van der Waals surface area contributed by atoms with Crippen LogP contribution in [0.3, 0.4) is 0 Å². The van der Waals surface area contributed by atoms with Gasteiger partial charge >= 0.3 is 0 Å². The number of nitrogen functional groups attached to an aromatic ring is 1. The van der Waals surface area contributed by atoms with Crippen LogP contribution in [0.4, 0.5) is 5.88 Å². The van der Waals surface area contributed by atoms with Crippen LogP contribution in [0, 0.1) is 32.1 Å². The average molecular weight is 348 g/mol. The van der Waals surface area contributed by atoms with E-state index < -0.39 is 5.56 Å². The number of aromatic nitrogens is 1. The van der Waals surface area contributed by atoms with Crippen LogP contribution in [0.15, 0.2) is 43.4 Å². The molecule has 0 atom stereocenters. The van der Waals surface area contributed by atoms with Gasteiger partial charge in [0.05, 0.1) is 11.6 Å². The molecule has 0 radical (unpaired) electrons. The smallest absolute Gasteiger partial charge is 0.289 e. The van der Waals surface area contributed by atoms with E-state index in [0.717, 1.165) is 10.2 Å². The van der Waals surface area contributed by atoms with Gasteiger partial charge in [0.1, 0.15) is 22.8 Å². The number of fused-ring (bicyclic) bond motifs is 1. The molecule has 7 nitrogen and oxygen atoms in total. The van der Waals surface area contributed by atoms with Crippen LogP contribution in [-0.2, 0) is 0 Å². The van der Waals surface area contributed by atoms with Gasteiger partial charge in [-0.2, -0.15) is 10.4 Å². The predicted octanol–water partition coefficient (Wildman–Crippen LogP) is 2.22.